The van der Waals surface area contributed by atoms with Gasteiger partial charge in [0.2, 0.25) is 5.95 Å². The number of H-pyrrole nitrogens is 1. The van der Waals surface area contributed by atoms with Gasteiger partial charge in [0.1, 0.15) is 0 Å². The van der Waals surface area contributed by atoms with Crippen molar-refractivity contribution >= 4 is 23.1 Å². The van der Waals surface area contributed by atoms with Gasteiger partial charge in [0.25, 0.3) is 5.56 Å². The zero-order valence-corrected chi connectivity index (χ0v) is 9.91. The monoisotopic (exact) mass is 267 g/mol. The molecule has 9 nitrogen and oxygen atoms in total. The van der Waals surface area contributed by atoms with Crippen molar-refractivity contribution in [2.45, 2.75) is 13.0 Å². The van der Waals surface area contributed by atoms with E-state index in [1.165, 1.54) is 10.9 Å². The maximum atomic E-state index is 11.5. The van der Waals surface area contributed by atoms with Gasteiger partial charge in [-0.2, -0.15) is 4.98 Å². The molecule has 0 saturated carbocycles. The predicted octanol–water partition coefficient (Wildman–Crippen LogP) is -1.22. The summed E-state index contributed by atoms with van der Waals surface area (Å²) in [5.41, 5.74) is 5.43. The minimum absolute atomic E-state index is 0.0313. The SMILES string of the molecule is Nc1nc2c(ncn2CC[C@@H](CO)C(=O)O)c(=O)[nH]1. The quantitative estimate of drug-likeness (QED) is 0.531. The lowest BCUT2D eigenvalue weighted by Gasteiger charge is -2.09. The Hall–Kier alpha value is -2.42. The lowest BCUT2D eigenvalue weighted by Crippen LogP contribution is -2.20. The lowest BCUT2D eigenvalue weighted by atomic mass is 10.1. The van der Waals surface area contributed by atoms with E-state index in [0.717, 1.165) is 0 Å². The van der Waals surface area contributed by atoms with Gasteiger partial charge in [-0.1, -0.05) is 0 Å². The molecule has 19 heavy (non-hydrogen) atoms. The van der Waals surface area contributed by atoms with Gasteiger partial charge in [0.15, 0.2) is 11.2 Å². The molecule has 0 aromatic carbocycles. The summed E-state index contributed by atoms with van der Waals surface area (Å²) in [7, 11) is 0. The first-order valence-corrected chi connectivity index (χ1v) is 5.57. The molecule has 2 aromatic heterocycles. The number of carboxylic acids is 1. The number of imidazole rings is 1. The Morgan fingerprint density at radius 3 is 2.95 bits per heavy atom. The molecule has 9 heteroatoms. The number of hydrogen-bond acceptors (Lipinski definition) is 6. The first-order valence-electron chi connectivity index (χ1n) is 5.57. The number of rotatable bonds is 5. The molecular weight excluding hydrogens is 254 g/mol. The first-order chi connectivity index (χ1) is 9.02. The predicted molar refractivity (Wildman–Crippen MR) is 65.4 cm³/mol. The number of aliphatic hydroxyl groups is 1. The van der Waals surface area contributed by atoms with Gasteiger partial charge in [0, 0.05) is 6.54 Å². The molecule has 5 N–H and O–H groups in total. The molecule has 1 atom stereocenters. The van der Waals surface area contributed by atoms with Gasteiger partial charge < -0.3 is 20.5 Å². The largest absolute Gasteiger partial charge is 0.481 e. The van der Waals surface area contributed by atoms with E-state index >= 15 is 0 Å². The van der Waals surface area contributed by atoms with Gasteiger partial charge in [-0.3, -0.25) is 14.6 Å². The zero-order chi connectivity index (χ0) is 14.0. The second kappa shape index (κ2) is 5.06. The smallest absolute Gasteiger partial charge is 0.308 e. The van der Waals surface area contributed by atoms with Crippen LogP contribution in [0.3, 0.4) is 0 Å². The summed E-state index contributed by atoms with van der Waals surface area (Å²) in [5.74, 6) is -1.97. The molecule has 102 valence electrons. The maximum absolute atomic E-state index is 11.5. The van der Waals surface area contributed by atoms with E-state index in [0.29, 0.717) is 5.65 Å². The highest BCUT2D eigenvalue weighted by molar-refractivity contribution is 5.71. The molecule has 2 rings (SSSR count). The number of nitrogens with zero attached hydrogens (tertiary/aromatic N) is 3. The van der Waals surface area contributed by atoms with Crippen molar-refractivity contribution in [3.63, 3.8) is 0 Å². The number of nitrogens with one attached hydrogen (secondary N) is 1. The van der Waals surface area contributed by atoms with Crippen molar-refractivity contribution in [2.75, 3.05) is 12.3 Å². The minimum atomic E-state index is -1.07. The van der Waals surface area contributed by atoms with E-state index in [2.05, 4.69) is 15.0 Å². The van der Waals surface area contributed by atoms with E-state index in [4.69, 9.17) is 15.9 Å². The number of hydrogen-bond donors (Lipinski definition) is 4. The Morgan fingerprint density at radius 2 is 2.32 bits per heavy atom. The number of aryl methyl sites for hydroxylation is 1. The van der Waals surface area contributed by atoms with Crippen molar-refractivity contribution in [3.8, 4) is 0 Å². The van der Waals surface area contributed by atoms with Crippen LogP contribution in [0, 0.1) is 5.92 Å². The number of nitrogens with two attached hydrogens (primary N) is 1. The first kappa shape index (κ1) is 13.0. The van der Waals surface area contributed by atoms with Crippen molar-refractivity contribution in [1.29, 1.82) is 0 Å². The standard InChI is InChI=1S/C10H13N5O4/c11-10-13-7-6(8(17)14-10)12-4-15(7)2-1-5(3-16)9(18)19/h4-5,16H,1-3H2,(H,18,19)(H3,11,13,14,17)/t5-/m0/s1. The average molecular weight is 267 g/mol. The van der Waals surface area contributed by atoms with Gasteiger partial charge in [0.05, 0.1) is 18.9 Å². The van der Waals surface area contributed by atoms with Crippen LogP contribution in [-0.2, 0) is 11.3 Å². The molecule has 0 aliphatic rings. The van der Waals surface area contributed by atoms with E-state index in [1.54, 1.807) is 0 Å². The number of carbonyl (C=O) groups is 1. The highest BCUT2D eigenvalue weighted by Crippen LogP contribution is 2.10. The van der Waals surface area contributed by atoms with Crippen molar-refractivity contribution in [1.82, 2.24) is 19.5 Å². The van der Waals surface area contributed by atoms with Crippen LogP contribution in [-0.4, -0.2) is 42.3 Å². The Bertz CT molecular complexity index is 661. The van der Waals surface area contributed by atoms with Crippen LogP contribution in [0.15, 0.2) is 11.1 Å². The number of anilines is 1. The summed E-state index contributed by atoms with van der Waals surface area (Å²) < 4.78 is 1.53. The van der Waals surface area contributed by atoms with E-state index in [9.17, 15) is 9.59 Å². The van der Waals surface area contributed by atoms with Crippen LogP contribution >= 0.6 is 0 Å². The third kappa shape index (κ3) is 2.55. The summed E-state index contributed by atoms with van der Waals surface area (Å²) in [4.78, 5) is 32.5. The highest BCUT2D eigenvalue weighted by atomic mass is 16.4. The van der Waals surface area contributed by atoms with E-state index < -0.39 is 24.1 Å². The number of aliphatic hydroxyl groups excluding tert-OH is 1. The molecule has 0 bridgehead atoms. The number of carboxylic acid groups (broad SMARTS) is 1. The number of nitrogen functional groups attached to an aromatic ring is 1. The second-order valence-electron chi connectivity index (χ2n) is 4.07. The molecule has 0 unspecified atom stereocenters. The third-order valence-electron chi connectivity index (χ3n) is 2.78. The molecule has 2 aromatic rings. The summed E-state index contributed by atoms with van der Waals surface area (Å²) >= 11 is 0. The maximum Gasteiger partial charge on any atom is 0.308 e. The summed E-state index contributed by atoms with van der Waals surface area (Å²) in [5, 5.41) is 17.8. The van der Waals surface area contributed by atoms with Crippen molar-refractivity contribution in [3.05, 3.63) is 16.7 Å². The third-order valence-corrected chi connectivity index (χ3v) is 2.78. The van der Waals surface area contributed by atoms with Crippen LogP contribution in [0.4, 0.5) is 5.95 Å². The molecule has 0 saturated heterocycles. The van der Waals surface area contributed by atoms with Crippen LogP contribution < -0.4 is 11.3 Å². The zero-order valence-electron chi connectivity index (χ0n) is 9.91. The van der Waals surface area contributed by atoms with Crippen LogP contribution in [0.1, 0.15) is 6.42 Å². The molecule has 0 aliphatic heterocycles. The number of aliphatic carboxylic acids is 1. The van der Waals surface area contributed by atoms with Gasteiger partial charge in [-0.05, 0) is 6.42 Å². The Kier molecular flexibility index (Phi) is 3.47. The van der Waals surface area contributed by atoms with Gasteiger partial charge in [-0.15, -0.1) is 0 Å². The molecule has 2 heterocycles. The summed E-state index contributed by atoms with van der Waals surface area (Å²) in [6, 6.07) is 0. The van der Waals surface area contributed by atoms with Gasteiger partial charge >= 0.3 is 5.97 Å². The molecule has 0 spiro atoms. The summed E-state index contributed by atoms with van der Waals surface area (Å²) in [6.45, 7) is -0.179. The fourth-order valence-corrected chi connectivity index (χ4v) is 1.72. The molecule has 0 aliphatic carbocycles. The average Bonchev–Trinajstić information content (AvgIpc) is 2.73. The molecule has 0 radical (unpaired) electrons. The van der Waals surface area contributed by atoms with Crippen LogP contribution in [0.25, 0.3) is 11.2 Å². The van der Waals surface area contributed by atoms with Crippen molar-refractivity contribution < 1.29 is 15.0 Å². The van der Waals surface area contributed by atoms with E-state index in [-0.39, 0.29) is 24.4 Å². The molecule has 0 amide bonds. The summed E-state index contributed by atoms with van der Waals surface area (Å²) in [6.07, 6.45) is 1.59. The normalized spacial score (nSPS) is 12.7. The Morgan fingerprint density at radius 1 is 1.58 bits per heavy atom. The molecule has 0 fully saturated rings. The minimum Gasteiger partial charge on any atom is -0.481 e. The molecular formula is C10H13N5O4. The number of fused-ring (bicyclic) bond motifs is 1. The fourth-order valence-electron chi connectivity index (χ4n) is 1.72. The van der Waals surface area contributed by atoms with E-state index in [1.807, 2.05) is 0 Å². The highest BCUT2D eigenvalue weighted by Gasteiger charge is 2.17. The number of aromatic amines is 1. The lowest BCUT2D eigenvalue weighted by molar-refractivity contribution is -0.143. The topological polar surface area (TPSA) is 147 Å². The van der Waals surface area contributed by atoms with Crippen LogP contribution in [0.2, 0.25) is 0 Å². The van der Waals surface area contributed by atoms with Crippen LogP contribution in [0.5, 0.6) is 0 Å². The number of aromatic nitrogens is 4. The Balaban J connectivity index is 2.27. The van der Waals surface area contributed by atoms with Crippen molar-refractivity contribution in [2.24, 2.45) is 5.92 Å². The van der Waals surface area contributed by atoms with Gasteiger partial charge in [-0.25, -0.2) is 4.98 Å². The fraction of sp³-hybridized carbons (Fsp3) is 0.400. The second-order valence-corrected chi connectivity index (χ2v) is 4.07. The Labute approximate surface area is 106 Å².